The fourth-order valence-electron chi connectivity index (χ4n) is 2.73. The second-order valence-electron chi connectivity index (χ2n) is 7.26. The number of aromatic nitrogens is 2. The molecule has 0 aromatic carbocycles. The molecule has 8 N–H and O–H groups in total. The molecule has 2 amide bonds. The van der Waals surface area contributed by atoms with Crippen LogP contribution < -0.4 is 22.1 Å². The van der Waals surface area contributed by atoms with E-state index in [1.165, 1.54) is 6.33 Å². The van der Waals surface area contributed by atoms with Gasteiger partial charge in [0.2, 0.25) is 11.8 Å². The number of carbonyl (C=O) groups is 3. The summed E-state index contributed by atoms with van der Waals surface area (Å²) >= 11 is 0. The lowest BCUT2D eigenvalue weighted by Gasteiger charge is -2.23. The van der Waals surface area contributed by atoms with E-state index in [4.69, 9.17) is 11.5 Å². The number of hydrogen-bond donors (Lipinski definition) is 6. The van der Waals surface area contributed by atoms with Crippen LogP contribution >= 0.6 is 0 Å². The number of aromatic amines is 1. The number of aliphatic carboxylic acids is 1. The number of nitrogens with one attached hydrogen (secondary N) is 3. The summed E-state index contributed by atoms with van der Waals surface area (Å²) in [5, 5.41) is 14.5. The van der Waals surface area contributed by atoms with Gasteiger partial charge in [0, 0.05) is 18.3 Å². The Hall–Kier alpha value is -2.46. The predicted octanol–water partition coefficient (Wildman–Crippen LogP) is -0.491. The fourth-order valence-corrected chi connectivity index (χ4v) is 2.73. The largest absolute Gasteiger partial charge is 0.480 e. The molecule has 28 heavy (non-hydrogen) atoms. The van der Waals surface area contributed by atoms with E-state index in [1.807, 2.05) is 13.8 Å². The summed E-state index contributed by atoms with van der Waals surface area (Å²) in [7, 11) is 0. The predicted molar refractivity (Wildman–Crippen MR) is 104 cm³/mol. The Morgan fingerprint density at radius 1 is 1.18 bits per heavy atom. The maximum absolute atomic E-state index is 12.6. The molecule has 158 valence electrons. The number of unbranched alkanes of at least 4 members (excludes halogenated alkanes) is 1. The molecule has 0 aliphatic carbocycles. The number of H-pyrrole nitrogens is 1. The van der Waals surface area contributed by atoms with Gasteiger partial charge in [-0.25, -0.2) is 9.78 Å². The topological polar surface area (TPSA) is 176 Å². The number of imidazole rings is 1. The Balaban J connectivity index is 2.75. The Labute approximate surface area is 164 Å². The van der Waals surface area contributed by atoms with Gasteiger partial charge in [-0.05, 0) is 38.1 Å². The van der Waals surface area contributed by atoms with Crippen LogP contribution in [0.2, 0.25) is 0 Å². The average Bonchev–Trinajstić information content (AvgIpc) is 3.12. The van der Waals surface area contributed by atoms with E-state index in [-0.39, 0.29) is 12.3 Å². The van der Waals surface area contributed by atoms with Crippen LogP contribution in [0.25, 0.3) is 0 Å². The van der Waals surface area contributed by atoms with Gasteiger partial charge in [-0.2, -0.15) is 0 Å². The number of carboxylic acid groups (broad SMARTS) is 1. The quantitative estimate of drug-likeness (QED) is 0.244. The Morgan fingerprint density at radius 3 is 2.39 bits per heavy atom. The molecule has 0 unspecified atom stereocenters. The Morgan fingerprint density at radius 2 is 1.86 bits per heavy atom. The summed E-state index contributed by atoms with van der Waals surface area (Å²) in [6.07, 6.45) is 5.25. The molecule has 1 aromatic rings. The molecule has 1 aromatic heterocycles. The van der Waals surface area contributed by atoms with Crippen molar-refractivity contribution in [3.63, 3.8) is 0 Å². The van der Waals surface area contributed by atoms with Gasteiger partial charge in [0.15, 0.2) is 0 Å². The number of rotatable bonds is 13. The van der Waals surface area contributed by atoms with E-state index in [0.717, 1.165) is 0 Å². The zero-order chi connectivity index (χ0) is 21.1. The number of nitrogens with two attached hydrogens (primary N) is 2. The lowest BCUT2D eigenvalue weighted by molar-refractivity contribution is -0.142. The minimum Gasteiger partial charge on any atom is -0.480 e. The molecule has 0 aliphatic rings. The Kier molecular flexibility index (Phi) is 10.2. The van der Waals surface area contributed by atoms with E-state index < -0.39 is 35.9 Å². The van der Waals surface area contributed by atoms with Crippen molar-refractivity contribution in [1.82, 2.24) is 20.6 Å². The smallest absolute Gasteiger partial charge is 0.326 e. The zero-order valence-corrected chi connectivity index (χ0v) is 16.5. The average molecular weight is 396 g/mol. The van der Waals surface area contributed by atoms with Crippen molar-refractivity contribution < 1.29 is 19.5 Å². The van der Waals surface area contributed by atoms with Crippen LogP contribution in [0.4, 0.5) is 0 Å². The molecule has 0 saturated carbocycles. The monoisotopic (exact) mass is 396 g/mol. The van der Waals surface area contributed by atoms with Crippen LogP contribution in [0.15, 0.2) is 12.5 Å². The zero-order valence-electron chi connectivity index (χ0n) is 16.5. The first-order valence-electron chi connectivity index (χ1n) is 9.51. The molecule has 1 heterocycles. The minimum atomic E-state index is -1.11. The number of amides is 2. The van der Waals surface area contributed by atoms with Gasteiger partial charge in [-0.1, -0.05) is 13.8 Å². The van der Waals surface area contributed by atoms with Crippen molar-refractivity contribution in [3.8, 4) is 0 Å². The van der Waals surface area contributed by atoms with Crippen molar-refractivity contribution in [1.29, 1.82) is 0 Å². The van der Waals surface area contributed by atoms with E-state index in [1.54, 1.807) is 6.20 Å². The molecule has 1 rings (SSSR count). The van der Waals surface area contributed by atoms with Gasteiger partial charge in [0.25, 0.3) is 0 Å². The molecular formula is C18H32N6O4. The lowest BCUT2D eigenvalue weighted by atomic mass is 10.0. The van der Waals surface area contributed by atoms with Gasteiger partial charge in [0.05, 0.1) is 12.4 Å². The molecule has 0 saturated heterocycles. The van der Waals surface area contributed by atoms with Crippen LogP contribution in [0, 0.1) is 5.92 Å². The standard InChI is InChI=1S/C18H32N6O4/c1-11(2)7-15(18(27)28)24-17(26)14(5-3-4-6-19)23-16(25)13(20)8-12-9-21-10-22-12/h9-11,13-15H,3-8,19-20H2,1-2H3,(H,21,22)(H,23,25)(H,24,26)(H,27,28)/t13-,14-,15+/m1/s1. The molecule has 0 fully saturated rings. The molecule has 0 radical (unpaired) electrons. The number of hydrogen-bond acceptors (Lipinski definition) is 6. The first-order valence-corrected chi connectivity index (χ1v) is 9.51. The van der Waals surface area contributed by atoms with E-state index in [2.05, 4.69) is 20.6 Å². The highest BCUT2D eigenvalue weighted by atomic mass is 16.4. The number of nitrogens with zero attached hydrogens (tertiary/aromatic N) is 1. The van der Waals surface area contributed by atoms with E-state index in [0.29, 0.717) is 37.9 Å². The molecule has 0 aliphatic heterocycles. The summed E-state index contributed by atoms with van der Waals surface area (Å²) in [4.78, 5) is 43.2. The normalized spacial score (nSPS) is 14.3. The molecule has 0 spiro atoms. The van der Waals surface area contributed by atoms with Gasteiger partial charge in [0.1, 0.15) is 12.1 Å². The summed E-state index contributed by atoms with van der Waals surface area (Å²) in [6.45, 7) is 4.21. The maximum atomic E-state index is 12.6. The fraction of sp³-hybridized carbons (Fsp3) is 0.667. The first kappa shape index (κ1) is 23.6. The second kappa shape index (κ2) is 12.1. The highest BCUT2D eigenvalue weighted by Crippen LogP contribution is 2.08. The second-order valence-corrected chi connectivity index (χ2v) is 7.26. The lowest BCUT2D eigenvalue weighted by Crippen LogP contribution is -2.55. The SMILES string of the molecule is CC(C)C[C@H](NC(=O)[C@@H](CCCCN)NC(=O)[C@H](N)Cc1cnc[nH]1)C(=O)O. The summed E-state index contributed by atoms with van der Waals surface area (Å²) in [6, 6.07) is -2.75. The van der Waals surface area contributed by atoms with Crippen LogP contribution in [0.1, 0.15) is 45.2 Å². The molecule has 10 nitrogen and oxygen atoms in total. The van der Waals surface area contributed by atoms with Crippen molar-refractivity contribution in [2.24, 2.45) is 17.4 Å². The summed E-state index contributed by atoms with van der Waals surface area (Å²) in [5.74, 6) is -2.04. The van der Waals surface area contributed by atoms with Crippen LogP contribution in [0.5, 0.6) is 0 Å². The third kappa shape index (κ3) is 8.49. The third-order valence-electron chi connectivity index (χ3n) is 4.23. The van der Waals surface area contributed by atoms with Gasteiger partial charge >= 0.3 is 5.97 Å². The molecule has 0 bridgehead atoms. The van der Waals surface area contributed by atoms with Crippen molar-refractivity contribution >= 4 is 17.8 Å². The van der Waals surface area contributed by atoms with E-state index >= 15 is 0 Å². The highest BCUT2D eigenvalue weighted by Gasteiger charge is 2.28. The minimum absolute atomic E-state index is 0.0921. The number of carboxylic acids is 1. The molecule has 10 heteroatoms. The van der Waals surface area contributed by atoms with Crippen molar-refractivity contribution in [3.05, 3.63) is 18.2 Å². The summed E-state index contributed by atoms with van der Waals surface area (Å²) in [5.41, 5.74) is 12.1. The van der Waals surface area contributed by atoms with Gasteiger partial charge < -0.3 is 32.2 Å². The van der Waals surface area contributed by atoms with E-state index in [9.17, 15) is 19.5 Å². The van der Waals surface area contributed by atoms with Gasteiger partial charge in [-0.3, -0.25) is 9.59 Å². The molecule has 3 atom stereocenters. The van der Waals surface area contributed by atoms with Crippen molar-refractivity contribution in [2.45, 2.75) is 64.1 Å². The van der Waals surface area contributed by atoms with Crippen LogP contribution in [0.3, 0.4) is 0 Å². The number of carbonyl (C=O) groups excluding carboxylic acids is 2. The van der Waals surface area contributed by atoms with Crippen molar-refractivity contribution in [2.75, 3.05) is 6.54 Å². The Bertz CT molecular complexity index is 620. The first-order chi connectivity index (χ1) is 13.2. The van der Waals surface area contributed by atoms with Gasteiger partial charge in [-0.15, -0.1) is 0 Å². The third-order valence-corrected chi connectivity index (χ3v) is 4.23. The van der Waals surface area contributed by atoms with Crippen LogP contribution in [-0.2, 0) is 20.8 Å². The summed E-state index contributed by atoms with van der Waals surface area (Å²) < 4.78 is 0. The maximum Gasteiger partial charge on any atom is 0.326 e. The molecular weight excluding hydrogens is 364 g/mol. The van der Waals surface area contributed by atoms with Crippen LogP contribution in [-0.4, -0.2) is 57.5 Å². The highest BCUT2D eigenvalue weighted by molar-refractivity contribution is 5.91.